The summed E-state index contributed by atoms with van der Waals surface area (Å²) in [6, 6.07) is 20.4. The topological polar surface area (TPSA) is 56.2 Å². The van der Waals surface area contributed by atoms with E-state index in [2.05, 4.69) is 26.2 Å². The number of nitrogens with one attached hydrogen (secondary N) is 1. The maximum absolute atomic E-state index is 14.7. The zero-order valence-corrected chi connectivity index (χ0v) is 18.9. The number of benzene rings is 3. The van der Waals surface area contributed by atoms with E-state index in [-0.39, 0.29) is 5.91 Å². The Labute approximate surface area is 194 Å². The molecular formula is C25H21BrFN3O2. The first-order valence-corrected chi connectivity index (χ1v) is 10.8. The summed E-state index contributed by atoms with van der Waals surface area (Å²) < 4.78 is 23.0. The van der Waals surface area contributed by atoms with Gasteiger partial charge in [0.2, 0.25) is 0 Å². The normalized spacial score (nSPS) is 11.7. The summed E-state index contributed by atoms with van der Waals surface area (Å²) in [5.74, 6) is 0.723. The number of amides is 1. The maximum atomic E-state index is 14.7. The van der Waals surface area contributed by atoms with Crippen molar-refractivity contribution in [2.75, 3.05) is 0 Å². The molecule has 0 aliphatic rings. The van der Waals surface area contributed by atoms with Gasteiger partial charge >= 0.3 is 0 Å². The van der Waals surface area contributed by atoms with Crippen LogP contribution in [-0.4, -0.2) is 15.5 Å². The van der Waals surface area contributed by atoms with Crippen molar-refractivity contribution >= 4 is 21.8 Å². The minimum atomic E-state index is -0.629. The van der Waals surface area contributed by atoms with Crippen molar-refractivity contribution in [3.8, 4) is 5.75 Å². The molecule has 4 aromatic rings. The number of aryl methyl sites for hydroxylation is 1. The second-order valence-electron chi connectivity index (χ2n) is 7.25. The van der Waals surface area contributed by atoms with Crippen molar-refractivity contribution in [2.45, 2.75) is 12.6 Å². The Balaban J connectivity index is 1.51. The smallest absolute Gasteiger partial charge is 0.252 e. The molecule has 5 nitrogen and oxygen atoms in total. The van der Waals surface area contributed by atoms with Gasteiger partial charge in [-0.3, -0.25) is 4.79 Å². The molecule has 1 heterocycles. The molecule has 0 aliphatic carbocycles. The largest absolute Gasteiger partial charge is 0.486 e. The fraction of sp³-hybridized carbons (Fsp3) is 0.120. The number of rotatable bonds is 7. The van der Waals surface area contributed by atoms with E-state index in [4.69, 9.17) is 4.74 Å². The van der Waals surface area contributed by atoms with Gasteiger partial charge in [0, 0.05) is 35.0 Å². The van der Waals surface area contributed by atoms with Gasteiger partial charge in [0.1, 0.15) is 24.0 Å². The van der Waals surface area contributed by atoms with Gasteiger partial charge in [-0.1, -0.05) is 52.3 Å². The Bertz CT molecular complexity index is 1210. The first-order valence-electron chi connectivity index (χ1n) is 10.0. The molecule has 0 spiro atoms. The first-order chi connectivity index (χ1) is 15.5. The van der Waals surface area contributed by atoms with Crippen LogP contribution in [0, 0.1) is 5.82 Å². The van der Waals surface area contributed by atoms with E-state index >= 15 is 0 Å². The zero-order valence-electron chi connectivity index (χ0n) is 17.3. The summed E-state index contributed by atoms with van der Waals surface area (Å²) in [5.41, 5.74) is 1.63. The Kier molecular flexibility index (Phi) is 6.66. The summed E-state index contributed by atoms with van der Waals surface area (Å²) in [6.45, 7) is 0.327. The van der Waals surface area contributed by atoms with Crippen LogP contribution in [0.4, 0.5) is 4.39 Å². The number of carbonyl (C=O) groups is 1. The van der Waals surface area contributed by atoms with Gasteiger partial charge < -0.3 is 14.6 Å². The van der Waals surface area contributed by atoms with Gasteiger partial charge in [-0.25, -0.2) is 9.37 Å². The van der Waals surface area contributed by atoms with E-state index in [1.165, 1.54) is 6.07 Å². The predicted molar refractivity (Wildman–Crippen MR) is 124 cm³/mol. The molecule has 0 radical (unpaired) electrons. The lowest BCUT2D eigenvalue weighted by molar-refractivity contribution is 0.0942. The Hall–Kier alpha value is -3.45. The highest BCUT2D eigenvalue weighted by atomic mass is 79.9. The number of nitrogens with zero attached hydrogens (tertiary/aromatic N) is 2. The molecule has 1 aromatic heterocycles. The fourth-order valence-electron chi connectivity index (χ4n) is 3.32. The molecule has 32 heavy (non-hydrogen) atoms. The number of imidazole rings is 1. The van der Waals surface area contributed by atoms with Crippen molar-refractivity contribution < 1.29 is 13.9 Å². The summed E-state index contributed by atoms with van der Waals surface area (Å²) in [4.78, 5) is 17.2. The second kappa shape index (κ2) is 9.78. The van der Waals surface area contributed by atoms with E-state index in [1.807, 2.05) is 48.1 Å². The SMILES string of the molecule is Cn1ccnc1COc1ccc(C(=O)NC(c2ccccc2)c2ccc(Br)cc2F)cc1. The van der Waals surface area contributed by atoms with Gasteiger partial charge in [0.25, 0.3) is 5.91 Å². The lowest BCUT2D eigenvalue weighted by Crippen LogP contribution is -2.30. The van der Waals surface area contributed by atoms with Crippen molar-refractivity contribution in [2.24, 2.45) is 7.05 Å². The molecule has 4 rings (SSSR count). The molecule has 3 aromatic carbocycles. The van der Waals surface area contributed by atoms with Crippen LogP contribution < -0.4 is 10.1 Å². The van der Waals surface area contributed by atoms with E-state index in [9.17, 15) is 9.18 Å². The van der Waals surface area contributed by atoms with Crippen LogP contribution in [0.3, 0.4) is 0 Å². The highest BCUT2D eigenvalue weighted by Crippen LogP contribution is 2.27. The molecule has 0 fully saturated rings. The highest BCUT2D eigenvalue weighted by molar-refractivity contribution is 9.10. The standard InChI is InChI=1S/C25H21BrFN3O2/c1-30-14-13-28-23(30)16-32-20-10-7-18(8-11-20)25(31)29-24(17-5-3-2-4-6-17)21-12-9-19(26)15-22(21)27/h2-15,24H,16H2,1H3,(H,29,31). The van der Waals surface area contributed by atoms with Crippen molar-refractivity contribution in [3.63, 3.8) is 0 Å². The summed E-state index contributed by atoms with van der Waals surface area (Å²) in [6.07, 6.45) is 3.56. The highest BCUT2D eigenvalue weighted by Gasteiger charge is 2.21. The summed E-state index contributed by atoms with van der Waals surface area (Å²) in [7, 11) is 1.90. The van der Waals surface area contributed by atoms with Crippen molar-refractivity contribution in [3.05, 3.63) is 118 Å². The molecule has 162 valence electrons. The number of aromatic nitrogens is 2. The lowest BCUT2D eigenvalue weighted by Gasteiger charge is -2.21. The van der Waals surface area contributed by atoms with Crippen LogP contribution in [0.25, 0.3) is 0 Å². The van der Waals surface area contributed by atoms with E-state index in [0.717, 1.165) is 11.4 Å². The third-order valence-corrected chi connectivity index (χ3v) is 5.58. The molecule has 0 bridgehead atoms. The summed E-state index contributed by atoms with van der Waals surface area (Å²) in [5, 5.41) is 2.96. The van der Waals surface area contributed by atoms with Gasteiger partial charge in [0.05, 0.1) is 6.04 Å². The molecule has 1 amide bonds. The van der Waals surface area contributed by atoms with Gasteiger partial charge in [-0.15, -0.1) is 0 Å². The number of halogens is 2. The van der Waals surface area contributed by atoms with Crippen molar-refractivity contribution in [1.82, 2.24) is 14.9 Å². The second-order valence-corrected chi connectivity index (χ2v) is 8.17. The van der Waals surface area contributed by atoms with Crippen LogP contribution in [0.5, 0.6) is 5.75 Å². The van der Waals surface area contributed by atoms with Gasteiger partial charge in [-0.05, 0) is 42.0 Å². The van der Waals surface area contributed by atoms with Crippen LogP contribution in [0.2, 0.25) is 0 Å². The summed E-state index contributed by atoms with van der Waals surface area (Å²) >= 11 is 3.28. The molecule has 0 saturated carbocycles. The van der Waals surface area contributed by atoms with E-state index in [1.54, 1.807) is 42.6 Å². The molecule has 1 N–H and O–H groups in total. The molecule has 1 atom stereocenters. The number of ether oxygens (including phenoxy) is 1. The fourth-order valence-corrected chi connectivity index (χ4v) is 3.66. The Morgan fingerprint density at radius 3 is 2.53 bits per heavy atom. The number of hydrogen-bond acceptors (Lipinski definition) is 3. The van der Waals surface area contributed by atoms with Crippen LogP contribution in [0.15, 0.2) is 89.7 Å². The third kappa shape index (κ3) is 5.06. The molecule has 0 saturated heterocycles. The van der Waals surface area contributed by atoms with E-state index in [0.29, 0.717) is 28.0 Å². The Morgan fingerprint density at radius 1 is 1.12 bits per heavy atom. The van der Waals surface area contributed by atoms with Gasteiger partial charge in [0.15, 0.2) is 0 Å². The average molecular weight is 494 g/mol. The molecule has 1 unspecified atom stereocenters. The zero-order chi connectivity index (χ0) is 22.5. The first kappa shape index (κ1) is 21.8. The van der Waals surface area contributed by atoms with Gasteiger partial charge in [-0.2, -0.15) is 0 Å². The van der Waals surface area contributed by atoms with Crippen LogP contribution in [-0.2, 0) is 13.7 Å². The maximum Gasteiger partial charge on any atom is 0.252 e. The predicted octanol–water partition coefficient (Wildman–Crippen LogP) is 5.42. The average Bonchev–Trinajstić information content (AvgIpc) is 3.22. The van der Waals surface area contributed by atoms with Crippen LogP contribution in [0.1, 0.15) is 33.4 Å². The van der Waals surface area contributed by atoms with Crippen LogP contribution >= 0.6 is 15.9 Å². The number of hydrogen-bond donors (Lipinski definition) is 1. The molecule has 0 aliphatic heterocycles. The Morgan fingerprint density at radius 2 is 1.88 bits per heavy atom. The van der Waals surface area contributed by atoms with Crippen molar-refractivity contribution in [1.29, 1.82) is 0 Å². The van der Waals surface area contributed by atoms with E-state index < -0.39 is 11.9 Å². The monoisotopic (exact) mass is 493 g/mol. The lowest BCUT2D eigenvalue weighted by atomic mass is 9.97. The minimum absolute atomic E-state index is 0.308. The third-order valence-electron chi connectivity index (χ3n) is 5.09. The molecular weight excluding hydrogens is 473 g/mol. The quantitative estimate of drug-likeness (QED) is 0.373. The number of carbonyl (C=O) groups excluding carboxylic acids is 1. The molecule has 7 heteroatoms. The minimum Gasteiger partial charge on any atom is -0.486 e.